The molecule has 6 heteroatoms. The first-order valence-electron chi connectivity index (χ1n) is 5.69. The number of unbranched alkanes of at least 4 members (excludes halogenated alkanes) is 1. The first-order valence-corrected chi connectivity index (χ1v) is 6.10. The molecule has 0 aromatic carbocycles. The summed E-state index contributed by atoms with van der Waals surface area (Å²) in [6, 6.07) is 1.63. The molecule has 1 aromatic rings. The molecule has 0 saturated heterocycles. The van der Waals surface area contributed by atoms with Crippen molar-refractivity contribution in [1.82, 2.24) is 10.3 Å². The average Bonchev–Trinajstić information content (AvgIpc) is 2.37. The summed E-state index contributed by atoms with van der Waals surface area (Å²) in [5.74, 6) is 0.308. The largest absolute Gasteiger partial charge is 0.494 e. The van der Waals surface area contributed by atoms with Crippen LogP contribution in [0.4, 0.5) is 0 Å². The second-order valence-electron chi connectivity index (χ2n) is 3.76. The summed E-state index contributed by atoms with van der Waals surface area (Å²) in [6.45, 7) is 0.590. The Morgan fingerprint density at radius 3 is 3.00 bits per heavy atom. The highest BCUT2D eigenvalue weighted by Gasteiger charge is 2.10. The van der Waals surface area contributed by atoms with Gasteiger partial charge >= 0.3 is 0 Å². The van der Waals surface area contributed by atoms with Gasteiger partial charge in [0.2, 0.25) is 0 Å². The van der Waals surface area contributed by atoms with E-state index in [2.05, 4.69) is 10.3 Å². The number of amides is 1. The van der Waals surface area contributed by atoms with Gasteiger partial charge in [0.15, 0.2) is 0 Å². The van der Waals surface area contributed by atoms with Crippen molar-refractivity contribution in [2.45, 2.75) is 19.3 Å². The third-order valence-electron chi connectivity index (χ3n) is 2.38. The van der Waals surface area contributed by atoms with Crippen LogP contribution in [-0.2, 0) is 0 Å². The van der Waals surface area contributed by atoms with E-state index in [-0.39, 0.29) is 5.91 Å². The van der Waals surface area contributed by atoms with Crippen LogP contribution in [0.25, 0.3) is 0 Å². The predicted octanol–water partition coefficient (Wildman–Crippen LogP) is 1.28. The zero-order valence-corrected chi connectivity index (χ0v) is 11.1. The number of carbonyl (C=O) groups excluding carboxylic acids is 1. The molecule has 0 unspecified atom stereocenters. The van der Waals surface area contributed by atoms with E-state index in [1.807, 2.05) is 0 Å². The van der Waals surface area contributed by atoms with Crippen LogP contribution in [0, 0.1) is 0 Å². The zero-order valence-electron chi connectivity index (χ0n) is 10.3. The Balaban J connectivity index is 2.38. The van der Waals surface area contributed by atoms with Gasteiger partial charge in [-0.2, -0.15) is 0 Å². The minimum Gasteiger partial charge on any atom is -0.494 e. The van der Waals surface area contributed by atoms with Crippen LogP contribution in [-0.4, -0.2) is 29.5 Å². The predicted molar refractivity (Wildman–Crippen MR) is 73.8 cm³/mol. The lowest BCUT2D eigenvalue weighted by molar-refractivity contribution is 0.0950. The fourth-order valence-electron chi connectivity index (χ4n) is 1.45. The van der Waals surface area contributed by atoms with E-state index < -0.39 is 0 Å². The van der Waals surface area contributed by atoms with Gasteiger partial charge in [0, 0.05) is 12.7 Å². The number of pyridine rings is 1. The minimum atomic E-state index is -0.162. The highest BCUT2D eigenvalue weighted by Crippen LogP contribution is 2.15. The maximum atomic E-state index is 11.9. The monoisotopic (exact) mass is 267 g/mol. The Morgan fingerprint density at radius 2 is 2.33 bits per heavy atom. The number of thiocarbonyl (C=S) groups is 1. The quantitative estimate of drug-likeness (QED) is 0.575. The molecule has 5 nitrogen and oxygen atoms in total. The Bertz CT molecular complexity index is 424. The van der Waals surface area contributed by atoms with Crippen molar-refractivity contribution in [3.8, 4) is 5.75 Å². The van der Waals surface area contributed by atoms with Gasteiger partial charge in [0.05, 0.1) is 23.9 Å². The number of methoxy groups -OCH3 is 1. The van der Waals surface area contributed by atoms with Crippen LogP contribution in [0.15, 0.2) is 18.5 Å². The molecule has 0 saturated carbocycles. The molecule has 1 heterocycles. The van der Waals surface area contributed by atoms with Crippen LogP contribution in [0.3, 0.4) is 0 Å². The van der Waals surface area contributed by atoms with Gasteiger partial charge in [0.25, 0.3) is 5.91 Å². The van der Waals surface area contributed by atoms with E-state index in [1.165, 1.54) is 13.3 Å². The lowest BCUT2D eigenvalue weighted by Gasteiger charge is -2.08. The number of hydrogen-bond donors (Lipinski definition) is 2. The molecule has 1 aromatic heterocycles. The van der Waals surface area contributed by atoms with Gasteiger partial charge < -0.3 is 15.8 Å². The first-order chi connectivity index (χ1) is 8.65. The van der Waals surface area contributed by atoms with Crippen molar-refractivity contribution in [2.75, 3.05) is 13.7 Å². The molecule has 0 spiro atoms. The second kappa shape index (κ2) is 7.60. The maximum Gasteiger partial charge on any atom is 0.255 e. The maximum absolute atomic E-state index is 11.9. The van der Waals surface area contributed by atoms with Gasteiger partial charge in [0.1, 0.15) is 5.75 Å². The summed E-state index contributed by atoms with van der Waals surface area (Å²) in [5.41, 5.74) is 5.87. The minimum absolute atomic E-state index is 0.162. The van der Waals surface area contributed by atoms with Gasteiger partial charge in [-0.05, 0) is 25.3 Å². The molecule has 1 amide bonds. The van der Waals surface area contributed by atoms with Crippen molar-refractivity contribution in [3.05, 3.63) is 24.0 Å². The average molecular weight is 267 g/mol. The van der Waals surface area contributed by atoms with Crippen molar-refractivity contribution < 1.29 is 9.53 Å². The van der Waals surface area contributed by atoms with Crippen LogP contribution in [0.5, 0.6) is 5.75 Å². The normalized spacial score (nSPS) is 9.83. The summed E-state index contributed by atoms with van der Waals surface area (Å²) in [4.78, 5) is 16.3. The fraction of sp³-hybridized carbons (Fsp3) is 0.417. The topological polar surface area (TPSA) is 77.2 Å². The van der Waals surface area contributed by atoms with Crippen LogP contribution in [0.2, 0.25) is 0 Å². The number of ether oxygens (including phenoxy) is 1. The Labute approximate surface area is 112 Å². The molecule has 0 fully saturated rings. The van der Waals surface area contributed by atoms with E-state index in [0.717, 1.165) is 12.8 Å². The summed E-state index contributed by atoms with van der Waals surface area (Å²) in [7, 11) is 1.51. The number of aromatic nitrogens is 1. The Morgan fingerprint density at radius 1 is 1.56 bits per heavy atom. The summed E-state index contributed by atoms with van der Waals surface area (Å²) >= 11 is 4.77. The molecule has 18 heavy (non-hydrogen) atoms. The van der Waals surface area contributed by atoms with Crippen molar-refractivity contribution in [1.29, 1.82) is 0 Å². The molecule has 98 valence electrons. The lowest BCUT2D eigenvalue weighted by atomic mass is 10.2. The van der Waals surface area contributed by atoms with E-state index in [1.54, 1.807) is 12.3 Å². The molecule has 0 radical (unpaired) electrons. The van der Waals surface area contributed by atoms with Crippen molar-refractivity contribution in [3.63, 3.8) is 0 Å². The van der Waals surface area contributed by atoms with E-state index in [4.69, 9.17) is 22.7 Å². The molecular weight excluding hydrogens is 250 g/mol. The summed E-state index contributed by atoms with van der Waals surface area (Å²) < 4.78 is 5.07. The number of nitrogens with zero attached hydrogens (tertiary/aromatic N) is 1. The fourth-order valence-corrected chi connectivity index (χ4v) is 1.60. The lowest BCUT2D eigenvalue weighted by Crippen LogP contribution is -2.25. The summed E-state index contributed by atoms with van der Waals surface area (Å²) in [5, 5.41) is 2.82. The number of nitrogens with one attached hydrogen (secondary N) is 1. The van der Waals surface area contributed by atoms with E-state index in [9.17, 15) is 4.79 Å². The third kappa shape index (κ3) is 4.67. The Hall–Kier alpha value is -1.69. The smallest absolute Gasteiger partial charge is 0.255 e. The molecule has 1 rings (SSSR count). The van der Waals surface area contributed by atoms with Crippen LogP contribution in [0.1, 0.15) is 29.6 Å². The number of rotatable bonds is 7. The highest BCUT2D eigenvalue weighted by atomic mass is 32.1. The number of carbonyl (C=O) groups is 1. The first kappa shape index (κ1) is 14.4. The molecule has 0 aliphatic rings. The zero-order chi connectivity index (χ0) is 13.4. The standard InChI is InChI=1S/C12H17N3O2S/c1-17-10-8-14-7-5-9(10)12(16)15-6-3-2-4-11(13)18/h5,7-8H,2-4,6H2,1H3,(H2,13,18)(H,15,16). The van der Waals surface area contributed by atoms with E-state index >= 15 is 0 Å². The molecule has 3 N–H and O–H groups in total. The SMILES string of the molecule is COc1cnccc1C(=O)NCCCCC(N)=S. The van der Waals surface area contributed by atoms with Gasteiger partial charge in [-0.3, -0.25) is 9.78 Å². The second-order valence-corrected chi connectivity index (χ2v) is 4.28. The van der Waals surface area contributed by atoms with Crippen molar-refractivity contribution in [2.24, 2.45) is 5.73 Å². The number of hydrogen-bond acceptors (Lipinski definition) is 4. The van der Waals surface area contributed by atoms with E-state index in [0.29, 0.717) is 29.3 Å². The third-order valence-corrected chi connectivity index (χ3v) is 2.59. The van der Waals surface area contributed by atoms with Crippen molar-refractivity contribution >= 4 is 23.1 Å². The molecule has 0 atom stereocenters. The van der Waals surface area contributed by atoms with Gasteiger partial charge in [-0.1, -0.05) is 12.2 Å². The highest BCUT2D eigenvalue weighted by molar-refractivity contribution is 7.80. The van der Waals surface area contributed by atoms with Crippen LogP contribution < -0.4 is 15.8 Å². The van der Waals surface area contributed by atoms with Gasteiger partial charge in [-0.15, -0.1) is 0 Å². The van der Waals surface area contributed by atoms with Crippen LogP contribution >= 0.6 is 12.2 Å². The summed E-state index contributed by atoms with van der Waals surface area (Å²) in [6.07, 6.45) is 5.51. The molecule has 0 aliphatic heterocycles. The Kier molecular flexibility index (Phi) is 6.07. The molecular formula is C12H17N3O2S. The van der Waals surface area contributed by atoms with Gasteiger partial charge in [-0.25, -0.2) is 0 Å². The molecule has 0 aliphatic carbocycles. The number of nitrogens with two attached hydrogens (primary N) is 1. The molecule has 0 bridgehead atoms.